The molecule has 3 N–H and O–H groups in total. The van der Waals surface area contributed by atoms with Crippen molar-refractivity contribution in [2.75, 3.05) is 53.5 Å². The molecule has 0 aliphatic carbocycles. The summed E-state index contributed by atoms with van der Waals surface area (Å²) in [5, 5.41) is 7.91. The fourth-order valence-corrected chi connectivity index (χ4v) is 2.78. The Balaban J connectivity index is 2.67. The Bertz CT molecular complexity index is 575. The maximum absolute atomic E-state index is 12.7. The molecule has 1 aliphatic rings. The zero-order chi connectivity index (χ0) is 22.0. The lowest BCUT2D eigenvalue weighted by atomic mass is 10.0. The van der Waals surface area contributed by atoms with Gasteiger partial charge in [0.1, 0.15) is 6.04 Å². The van der Waals surface area contributed by atoms with E-state index >= 15 is 0 Å². The van der Waals surface area contributed by atoms with Gasteiger partial charge in [-0.3, -0.25) is 14.4 Å². The molecule has 0 bridgehead atoms. The van der Waals surface area contributed by atoms with Gasteiger partial charge < -0.3 is 30.5 Å². The Morgan fingerprint density at radius 3 is 2.21 bits per heavy atom. The molecule has 0 radical (unpaired) electrons. The van der Waals surface area contributed by atoms with Crippen LogP contribution in [0.2, 0.25) is 0 Å². The van der Waals surface area contributed by atoms with Gasteiger partial charge in [-0.2, -0.15) is 0 Å². The molecule has 10 heteroatoms. The van der Waals surface area contributed by atoms with Gasteiger partial charge in [-0.05, 0) is 26.4 Å². The third kappa shape index (κ3) is 8.36. The number of likely N-dealkylation sites (N-methyl/N-ethyl adjacent to an activating group) is 1. The molecule has 0 aromatic heterocycles. The van der Waals surface area contributed by atoms with Gasteiger partial charge in [0.25, 0.3) is 5.91 Å². The van der Waals surface area contributed by atoms with Crippen LogP contribution in [0.1, 0.15) is 27.2 Å². The van der Waals surface area contributed by atoms with E-state index in [2.05, 4.69) is 16.0 Å². The lowest BCUT2D eigenvalue weighted by Crippen LogP contribution is -2.58. The Morgan fingerprint density at radius 1 is 1.07 bits per heavy atom. The van der Waals surface area contributed by atoms with Crippen molar-refractivity contribution in [3.05, 3.63) is 0 Å². The largest absolute Gasteiger partial charge is 0.378 e. The molecule has 1 fully saturated rings. The molecule has 1 saturated heterocycles. The van der Waals surface area contributed by atoms with E-state index in [-0.39, 0.29) is 18.4 Å². The molecule has 2 atom stereocenters. The van der Waals surface area contributed by atoms with Crippen molar-refractivity contribution in [3.63, 3.8) is 0 Å². The van der Waals surface area contributed by atoms with Gasteiger partial charge in [0, 0.05) is 26.2 Å². The fraction of sp³-hybridized carbons (Fsp3) is 0.789. The van der Waals surface area contributed by atoms with Crippen LogP contribution < -0.4 is 16.0 Å². The first-order chi connectivity index (χ1) is 13.7. The van der Waals surface area contributed by atoms with Crippen LogP contribution in [0.5, 0.6) is 0 Å². The van der Waals surface area contributed by atoms with Gasteiger partial charge >= 0.3 is 6.03 Å². The first kappa shape index (κ1) is 24.8. The standard InChI is InChI=1S/C19H35N5O5/c1-6-14(16(25)18(27)20-7-8-23(4)5)21-17(26)15(13(2)3)22-19(28)24-9-11-29-12-10-24/h13-15H,6-12H2,1-5H3,(H,20,27)(H,21,26)(H,22,28)/t14-,15-/m0/s1. The van der Waals surface area contributed by atoms with Gasteiger partial charge in [0.15, 0.2) is 0 Å². The smallest absolute Gasteiger partial charge is 0.318 e. The Hall–Kier alpha value is -2.20. The van der Waals surface area contributed by atoms with Crippen molar-refractivity contribution < 1.29 is 23.9 Å². The van der Waals surface area contributed by atoms with Crippen LogP contribution in [0.3, 0.4) is 0 Å². The number of amides is 4. The quantitative estimate of drug-likeness (QED) is 0.403. The predicted molar refractivity (Wildman–Crippen MR) is 108 cm³/mol. The summed E-state index contributed by atoms with van der Waals surface area (Å²) in [6.45, 7) is 8.11. The van der Waals surface area contributed by atoms with Crippen LogP contribution in [-0.2, 0) is 19.1 Å². The molecule has 10 nitrogen and oxygen atoms in total. The maximum Gasteiger partial charge on any atom is 0.318 e. The lowest BCUT2D eigenvalue weighted by Gasteiger charge is -2.30. The van der Waals surface area contributed by atoms with E-state index < -0.39 is 29.7 Å². The predicted octanol–water partition coefficient (Wildman–Crippen LogP) is -0.805. The van der Waals surface area contributed by atoms with Crippen LogP contribution in [0.15, 0.2) is 0 Å². The third-order valence-corrected chi connectivity index (χ3v) is 4.64. The highest BCUT2D eigenvalue weighted by molar-refractivity contribution is 6.38. The van der Waals surface area contributed by atoms with Crippen LogP contribution >= 0.6 is 0 Å². The molecular weight excluding hydrogens is 378 g/mol. The van der Waals surface area contributed by atoms with Gasteiger partial charge in [0.2, 0.25) is 11.7 Å². The number of urea groups is 1. The zero-order valence-corrected chi connectivity index (χ0v) is 18.1. The van der Waals surface area contributed by atoms with Crippen molar-refractivity contribution >= 4 is 23.6 Å². The molecule has 1 rings (SSSR count). The lowest BCUT2D eigenvalue weighted by molar-refractivity contribution is -0.140. The molecule has 0 aromatic rings. The van der Waals surface area contributed by atoms with E-state index in [0.29, 0.717) is 39.4 Å². The summed E-state index contributed by atoms with van der Waals surface area (Å²) in [6, 6.07) is -2.10. The number of hydrogen-bond donors (Lipinski definition) is 3. The van der Waals surface area contributed by atoms with E-state index in [1.165, 1.54) is 0 Å². The fourth-order valence-electron chi connectivity index (χ4n) is 2.78. The summed E-state index contributed by atoms with van der Waals surface area (Å²) < 4.78 is 5.23. The van der Waals surface area contributed by atoms with Crippen LogP contribution in [0.25, 0.3) is 0 Å². The number of carbonyl (C=O) groups is 4. The molecule has 4 amide bonds. The minimum absolute atomic E-state index is 0.193. The first-order valence-corrected chi connectivity index (χ1v) is 10.1. The Kier molecular flexibility index (Phi) is 10.6. The molecule has 0 unspecified atom stereocenters. The SMILES string of the molecule is CC[C@H](NC(=O)[C@@H](NC(=O)N1CCOCC1)C(C)C)C(=O)C(=O)NCCN(C)C. The molecule has 0 saturated carbocycles. The van der Waals surface area contributed by atoms with Crippen LogP contribution in [-0.4, -0.2) is 99.0 Å². The molecular formula is C19H35N5O5. The number of morpholine rings is 1. The number of ketones is 1. The van der Waals surface area contributed by atoms with E-state index in [4.69, 9.17) is 4.74 Å². The van der Waals surface area contributed by atoms with E-state index in [9.17, 15) is 19.2 Å². The normalized spacial score (nSPS) is 16.3. The minimum Gasteiger partial charge on any atom is -0.378 e. The van der Waals surface area contributed by atoms with Crippen molar-refractivity contribution in [3.8, 4) is 0 Å². The highest BCUT2D eigenvalue weighted by Crippen LogP contribution is 2.06. The second kappa shape index (κ2) is 12.4. The molecule has 166 valence electrons. The molecule has 0 spiro atoms. The molecule has 1 heterocycles. The number of nitrogens with zero attached hydrogens (tertiary/aromatic N) is 2. The van der Waals surface area contributed by atoms with E-state index in [1.807, 2.05) is 19.0 Å². The number of hydrogen-bond acceptors (Lipinski definition) is 6. The molecule has 1 aliphatic heterocycles. The number of carbonyl (C=O) groups excluding carboxylic acids is 4. The number of ether oxygens (including phenoxy) is 1. The van der Waals surface area contributed by atoms with Gasteiger partial charge in [-0.15, -0.1) is 0 Å². The van der Waals surface area contributed by atoms with Gasteiger partial charge in [0.05, 0.1) is 19.3 Å². The Morgan fingerprint density at radius 2 is 1.69 bits per heavy atom. The average Bonchev–Trinajstić information content (AvgIpc) is 2.69. The maximum atomic E-state index is 12.7. The second-order valence-electron chi connectivity index (χ2n) is 7.66. The van der Waals surface area contributed by atoms with Crippen molar-refractivity contribution in [1.82, 2.24) is 25.8 Å². The van der Waals surface area contributed by atoms with Gasteiger partial charge in [-0.25, -0.2) is 4.79 Å². The highest BCUT2D eigenvalue weighted by Gasteiger charge is 2.31. The van der Waals surface area contributed by atoms with E-state index in [1.54, 1.807) is 25.7 Å². The third-order valence-electron chi connectivity index (χ3n) is 4.64. The van der Waals surface area contributed by atoms with Crippen molar-refractivity contribution in [1.29, 1.82) is 0 Å². The summed E-state index contributed by atoms with van der Waals surface area (Å²) in [5.41, 5.74) is 0. The zero-order valence-electron chi connectivity index (χ0n) is 18.1. The summed E-state index contributed by atoms with van der Waals surface area (Å²) in [6.07, 6.45) is 0.272. The first-order valence-electron chi connectivity index (χ1n) is 10.1. The topological polar surface area (TPSA) is 120 Å². The minimum atomic E-state index is -0.941. The highest BCUT2D eigenvalue weighted by atomic mass is 16.5. The average molecular weight is 414 g/mol. The summed E-state index contributed by atoms with van der Waals surface area (Å²) in [7, 11) is 3.72. The Labute approximate surface area is 172 Å². The van der Waals surface area contributed by atoms with Crippen LogP contribution in [0, 0.1) is 5.92 Å². The second-order valence-corrected chi connectivity index (χ2v) is 7.66. The van der Waals surface area contributed by atoms with Gasteiger partial charge in [-0.1, -0.05) is 20.8 Å². The summed E-state index contributed by atoms with van der Waals surface area (Å²) in [4.78, 5) is 53.1. The number of nitrogens with one attached hydrogen (secondary N) is 3. The summed E-state index contributed by atoms with van der Waals surface area (Å²) in [5.74, 6) is -2.09. The monoisotopic (exact) mass is 413 g/mol. The van der Waals surface area contributed by atoms with Crippen molar-refractivity contribution in [2.45, 2.75) is 39.3 Å². The van der Waals surface area contributed by atoms with E-state index in [0.717, 1.165) is 0 Å². The van der Waals surface area contributed by atoms with Crippen LogP contribution in [0.4, 0.5) is 4.79 Å². The molecule has 0 aromatic carbocycles. The number of rotatable bonds is 10. The molecule has 29 heavy (non-hydrogen) atoms. The summed E-state index contributed by atoms with van der Waals surface area (Å²) >= 11 is 0. The van der Waals surface area contributed by atoms with Crippen molar-refractivity contribution in [2.24, 2.45) is 5.92 Å². The number of Topliss-reactive ketones (excluding diaryl/α,β-unsaturated/α-hetero) is 1.